The van der Waals surface area contributed by atoms with Crippen LogP contribution in [-0.4, -0.2) is 31.3 Å². The predicted molar refractivity (Wildman–Crippen MR) is 44.1 cm³/mol. The molecule has 5 heteroatoms. The number of hydrogen-bond acceptors (Lipinski definition) is 5. The molecule has 13 heavy (non-hydrogen) atoms. The third-order valence-corrected chi connectivity index (χ3v) is 1.81. The zero-order chi connectivity index (χ0) is 9.90. The molecule has 1 aliphatic rings. The van der Waals surface area contributed by atoms with Gasteiger partial charge < -0.3 is 9.47 Å². The lowest BCUT2D eigenvalue weighted by atomic mass is 10.4. The molecule has 1 saturated carbocycles. The molecule has 0 saturated heterocycles. The summed E-state index contributed by atoms with van der Waals surface area (Å²) in [5.41, 5.74) is -0.640. The Morgan fingerprint density at radius 3 is 2.46 bits per heavy atom. The molecule has 0 spiro atoms. The Balaban J connectivity index is 2.30. The fourth-order valence-corrected chi connectivity index (χ4v) is 0.915. The second-order valence-electron chi connectivity index (χ2n) is 3.11. The van der Waals surface area contributed by atoms with E-state index in [0.717, 1.165) is 12.8 Å². The Hall–Kier alpha value is -1.10. The Morgan fingerprint density at radius 1 is 1.46 bits per heavy atom. The minimum atomic E-state index is -0.714. The first-order valence-corrected chi connectivity index (χ1v) is 4.09. The van der Waals surface area contributed by atoms with Crippen LogP contribution in [0.1, 0.15) is 19.8 Å². The van der Waals surface area contributed by atoms with Crippen molar-refractivity contribution in [1.82, 2.24) is 5.32 Å². The number of carbonyl (C=O) groups is 2. The van der Waals surface area contributed by atoms with E-state index in [1.54, 1.807) is 0 Å². The molecule has 0 aliphatic heterocycles. The lowest BCUT2D eigenvalue weighted by Gasteiger charge is -2.15. The maximum atomic E-state index is 10.7. The van der Waals surface area contributed by atoms with Crippen LogP contribution in [-0.2, 0) is 14.3 Å². The number of ketones is 1. The summed E-state index contributed by atoms with van der Waals surface area (Å²) >= 11 is 0. The molecule has 0 aromatic heterocycles. The van der Waals surface area contributed by atoms with E-state index in [2.05, 4.69) is 10.1 Å². The van der Waals surface area contributed by atoms with Crippen molar-refractivity contribution in [3.05, 3.63) is 0 Å². The van der Waals surface area contributed by atoms with Crippen LogP contribution in [0.4, 0.5) is 4.79 Å². The molecule has 0 aromatic carbocycles. The van der Waals surface area contributed by atoms with E-state index in [-0.39, 0.29) is 12.3 Å². The highest BCUT2D eigenvalue weighted by Gasteiger charge is 2.47. The van der Waals surface area contributed by atoms with Crippen LogP contribution in [0.2, 0.25) is 0 Å². The molecule has 1 rings (SSSR count). The van der Waals surface area contributed by atoms with Crippen LogP contribution in [0, 0.1) is 0 Å². The largest absolute Gasteiger partial charge is 0.509 e. The summed E-state index contributed by atoms with van der Waals surface area (Å²) in [6, 6.07) is 0. The Labute approximate surface area is 76.4 Å². The predicted octanol–water partition coefficient (Wildman–Crippen LogP) is 0.438. The fourth-order valence-electron chi connectivity index (χ4n) is 0.915. The second kappa shape index (κ2) is 3.74. The molecule has 1 fully saturated rings. The summed E-state index contributed by atoms with van der Waals surface area (Å²) in [5.74, 6) is 0.0136. The van der Waals surface area contributed by atoms with Crippen molar-refractivity contribution >= 4 is 11.9 Å². The molecule has 0 heterocycles. The zero-order valence-electron chi connectivity index (χ0n) is 7.75. The monoisotopic (exact) mass is 187 g/mol. The molecule has 0 aromatic rings. The number of rotatable bonds is 4. The van der Waals surface area contributed by atoms with Gasteiger partial charge in [-0.05, 0) is 6.92 Å². The highest BCUT2D eigenvalue weighted by atomic mass is 16.7. The van der Waals surface area contributed by atoms with Crippen LogP contribution in [0.25, 0.3) is 0 Å². The summed E-state index contributed by atoms with van der Waals surface area (Å²) in [6.45, 7) is 1.69. The van der Waals surface area contributed by atoms with Gasteiger partial charge in [0, 0.05) is 12.8 Å². The quantitative estimate of drug-likeness (QED) is 0.511. The topological polar surface area (TPSA) is 64.6 Å². The van der Waals surface area contributed by atoms with Crippen molar-refractivity contribution < 1.29 is 19.1 Å². The highest BCUT2D eigenvalue weighted by Crippen LogP contribution is 2.36. The molecule has 5 nitrogen and oxygen atoms in total. The van der Waals surface area contributed by atoms with Gasteiger partial charge in [0.15, 0.2) is 5.72 Å². The van der Waals surface area contributed by atoms with Gasteiger partial charge in [0.25, 0.3) is 0 Å². The highest BCUT2D eigenvalue weighted by molar-refractivity contribution is 5.77. The van der Waals surface area contributed by atoms with Gasteiger partial charge in [-0.15, -0.1) is 0 Å². The smallest absolute Gasteiger partial charge is 0.438 e. The van der Waals surface area contributed by atoms with E-state index in [9.17, 15) is 9.59 Å². The lowest BCUT2D eigenvalue weighted by Crippen LogP contribution is -2.38. The van der Waals surface area contributed by atoms with E-state index in [1.807, 2.05) is 0 Å². The summed E-state index contributed by atoms with van der Waals surface area (Å²) in [7, 11) is 1.25. The van der Waals surface area contributed by atoms with E-state index in [0.29, 0.717) is 0 Å². The lowest BCUT2D eigenvalue weighted by molar-refractivity contribution is -0.117. The number of Topliss-reactive ketones (excluding diaryl/α,β-unsaturated/α-hetero) is 1. The van der Waals surface area contributed by atoms with Crippen molar-refractivity contribution in [1.29, 1.82) is 0 Å². The maximum Gasteiger partial charge on any atom is 0.509 e. The molecule has 1 aliphatic carbocycles. The van der Waals surface area contributed by atoms with E-state index in [1.165, 1.54) is 14.0 Å². The van der Waals surface area contributed by atoms with Gasteiger partial charge in [0.1, 0.15) is 5.78 Å². The minimum Gasteiger partial charge on any atom is -0.438 e. The van der Waals surface area contributed by atoms with Crippen LogP contribution in [0.15, 0.2) is 0 Å². The van der Waals surface area contributed by atoms with Gasteiger partial charge in [-0.25, -0.2) is 4.79 Å². The molecule has 0 unspecified atom stereocenters. The number of methoxy groups -OCH3 is 1. The molecule has 74 valence electrons. The van der Waals surface area contributed by atoms with Crippen LogP contribution in [0.3, 0.4) is 0 Å². The summed E-state index contributed by atoms with van der Waals surface area (Å²) in [5, 5.41) is 2.86. The van der Waals surface area contributed by atoms with Gasteiger partial charge in [-0.2, -0.15) is 0 Å². The van der Waals surface area contributed by atoms with Crippen LogP contribution in [0.5, 0.6) is 0 Å². The van der Waals surface area contributed by atoms with E-state index < -0.39 is 11.9 Å². The van der Waals surface area contributed by atoms with Crippen molar-refractivity contribution in [2.24, 2.45) is 0 Å². The molecule has 0 atom stereocenters. The Morgan fingerprint density at radius 2 is 2.08 bits per heavy atom. The summed E-state index contributed by atoms with van der Waals surface area (Å²) in [6.07, 6.45) is 0.749. The van der Waals surface area contributed by atoms with E-state index in [4.69, 9.17) is 4.74 Å². The van der Waals surface area contributed by atoms with Gasteiger partial charge in [-0.3, -0.25) is 10.1 Å². The molecular weight excluding hydrogens is 174 g/mol. The molecule has 0 radical (unpaired) electrons. The third kappa shape index (κ3) is 3.02. The normalized spacial score (nSPS) is 17.7. The maximum absolute atomic E-state index is 10.7. The molecule has 0 bridgehead atoms. The SMILES string of the molecule is COC(=O)OC1(NCC(C)=O)CC1. The Bertz CT molecular complexity index is 222. The van der Waals surface area contributed by atoms with Crippen LogP contribution >= 0.6 is 0 Å². The third-order valence-electron chi connectivity index (χ3n) is 1.81. The molecule has 0 amide bonds. The fraction of sp³-hybridized carbons (Fsp3) is 0.750. The van der Waals surface area contributed by atoms with Gasteiger partial charge in [0.2, 0.25) is 0 Å². The number of ether oxygens (including phenoxy) is 2. The molecular formula is C8H13NO4. The zero-order valence-corrected chi connectivity index (χ0v) is 7.75. The van der Waals surface area contributed by atoms with E-state index >= 15 is 0 Å². The van der Waals surface area contributed by atoms with Crippen molar-refractivity contribution in [2.45, 2.75) is 25.5 Å². The van der Waals surface area contributed by atoms with Gasteiger partial charge in [-0.1, -0.05) is 0 Å². The first-order valence-electron chi connectivity index (χ1n) is 4.09. The first-order chi connectivity index (χ1) is 6.08. The first kappa shape index (κ1) is 9.98. The number of nitrogens with one attached hydrogen (secondary N) is 1. The second-order valence-corrected chi connectivity index (χ2v) is 3.11. The van der Waals surface area contributed by atoms with Crippen molar-refractivity contribution in [3.8, 4) is 0 Å². The summed E-state index contributed by atoms with van der Waals surface area (Å²) < 4.78 is 9.27. The number of carbonyl (C=O) groups excluding carboxylic acids is 2. The minimum absolute atomic E-state index is 0.0136. The molecule has 1 N–H and O–H groups in total. The average Bonchev–Trinajstić information content (AvgIpc) is 2.82. The Kier molecular flexibility index (Phi) is 2.87. The standard InChI is InChI=1S/C8H13NO4/c1-6(10)5-9-8(3-4-8)13-7(11)12-2/h9H,3-5H2,1-2H3. The van der Waals surface area contributed by atoms with Gasteiger partial charge in [0.05, 0.1) is 13.7 Å². The average molecular weight is 187 g/mol. The van der Waals surface area contributed by atoms with Crippen molar-refractivity contribution in [3.63, 3.8) is 0 Å². The number of hydrogen-bond donors (Lipinski definition) is 1. The summed E-state index contributed by atoms with van der Waals surface area (Å²) in [4.78, 5) is 21.4. The van der Waals surface area contributed by atoms with Crippen molar-refractivity contribution in [2.75, 3.05) is 13.7 Å². The van der Waals surface area contributed by atoms with Crippen LogP contribution < -0.4 is 5.32 Å². The van der Waals surface area contributed by atoms with Gasteiger partial charge >= 0.3 is 6.16 Å².